The van der Waals surface area contributed by atoms with Crippen molar-refractivity contribution >= 4 is 18.1 Å². The van der Waals surface area contributed by atoms with Gasteiger partial charge in [0.05, 0.1) is 24.3 Å². The highest BCUT2D eigenvalue weighted by atomic mass is 16.5. The van der Waals surface area contributed by atoms with Gasteiger partial charge in [-0.15, -0.1) is 0 Å². The molecule has 0 aliphatic rings. The fraction of sp³-hybridized carbons (Fsp3) is 0.154. The number of nitrogens with zero attached hydrogens (tertiary/aromatic N) is 1. The molecule has 0 aliphatic heterocycles. The maximum absolute atomic E-state index is 11.1. The quantitative estimate of drug-likeness (QED) is 0.341. The Morgan fingerprint density at radius 2 is 2.18 bits per heavy atom. The van der Waals surface area contributed by atoms with Gasteiger partial charge in [-0.25, -0.2) is 0 Å². The average Bonchev–Trinajstić information content (AvgIpc) is 2.35. The first kappa shape index (κ1) is 12.7. The number of ether oxygens (including phenoxy) is 1. The fourth-order valence-corrected chi connectivity index (χ4v) is 1.29. The highest BCUT2D eigenvalue weighted by Gasteiger charge is 2.06. The lowest BCUT2D eigenvalue weighted by molar-refractivity contribution is -0.115. The number of allylic oxidation sites excluding steroid dienone is 1. The number of aldehydes is 1. The molecule has 4 heteroatoms. The first-order chi connectivity index (χ1) is 8.12. The number of benzene rings is 1. The topological polar surface area (TPSA) is 67.2 Å². The number of carbonyl (C=O) groups is 2. The molecular weight excluding hydrogens is 218 g/mol. The van der Waals surface area contributed by atoms with E-state index in [1.165, 1.54) is 20.1 Å². The van der Waals surface area contributed by atoms with Crippen molar-refractivity contribution in [1.82, 2.24) is 0 Å². The second-order valence-corrected chi connectivity index (χ2v) is 3.34. The first-order valence-electron chi connectivity index (χ1n) is 4.88. The van der Waals surface area contributed by atoms with Crippen LogP contribution in [0, 0.1) is 11.3 Å². The van der Waals surface area contributed by atoms with E-state index in [-0.39, 0.29) is 11.4 Å². The number of carbonyl (C=O) groups excluding carboxylic acids is 2. The van der Waals surface area contributed by atoms with Crippen molar-refractivity contribution in [3.8, 4) is 11.8 Å². The smallest absolute Gasteiger partial charge is 0.163 e. The zero-order valence-corrected chi connectivity index (χ0v) is 9.56. The van der Waals surface area contributed by atoms with Crippen LogP contribution in [0.1, 0.15) is 18.1 Å². The third-order valence-corrected chi connectivity index (χ3v) is 2.21. The summed E-state index contributed by atoms with van der Waals surface area (Å²) in [6.07, 6.45) is 1.94. The predicted octanol–water partition coefficient (Wildman–Crippen LogP) is 1.74. The number of hydrogen-bond acceptors (Lipinski definition) is 4. The Morgan fingerprint density at radius 3 is 2.65 bits per heavy atom. The monoisotopic (exact) mass is 229 g/mol. The molecule has 0 amide bonds. The number of ketones is 1. The Balaban J connectivity index is 3.28. The van der Waals surface area contributed by atoms with Crippen molar-refractivity contribution in [1.29, 1.82) is 5.26 Å². The summed E-state index contributed by atoms with van der Waals surface area (Å²) in [5, 5.41) is 8.73. The molecule has 0 aliphatic carbocycles. The lowest BCUT2D eigenvalue weighted by Gasteiger charge is -2.05. The second-order valence-electron chi connectivity index (χ2n) is 3.34. The van der Waals surface area contributed by atoms with E-state index in [0.29, 0.717) is 23.2 Å². The molecule has 0 saturated heterocycles. The minimum absolute atomic E-state index is 0.0630. The van der Waals surface area contributed by atoms with Crippen LogP contribution in [0.25, 0.3) is 6.08 Å². The molecular formula is C13H11NO3. The fourth-order valence-electron chi connectivity index (χ4n) is 1.29. The lowest BCUT2D eigenvalue weighted by Crippen LogP contribution is -1.98. The van der Waals surface area contributed by atoms with Crippen molar-refractivity contribution < 1.29 is 14.3 Å². The normalized spacial score (nSPS) is 10.5. The SMILES string of the molecule is COc1cc(C#N)ccc1/C=C(\C=O)C(C)=O. The molecule has 1 aromatic carbocycles. The Bertz CT molecular complexity index is 524. The summed E-state index contributed by atoms with van der Waals surface area (Å²) in [5.41, 5.74) is 1.10. The molecule has 0 unspecified atom stereocenters. The van der Waals surface area contributed by atoms with Crippen LogP contribution < -0.4 is 4.74 Å². The maximum atomic E-state index is 11.1. The van der Waals surface area contributed by atoms with Crippen LogP contribution >= 0.6 is 0 Å². The molecule has 0 bridgehead atoms. The molecule has 17 heavy (non-hydrogen) atoms. The molecule has 4 nitrogen and oxygen atoms in total. The van der Waals surface area contributed by atoms with Crippen LogP contribution in [0.3, 0.4) is 0 Å². The van der Waals surface area contributed by atoms with E-state index in [1.54, 1.807) is 18.2 Å². The third kappa shape index (κ3) is 3.02. The Kier molecular flexibility index (Phi) is 4.18. The van der Waals surface area contributed by atoms with Crippen molar-refractivity contribution in [2.75, 3.05) is 7.11 Å². The zero-order chi connectivity index (χ0) is 12.8. The number of methoxy groups -OCH3 is 1. The van der Waals surface area contributed by atoms with E-state index in [2.05, 4.69) is 0 Å². The summed E-state index contributed by atoms with van der Waals surface area (Å²) in [6, 6.07) is 6.75. The largest absolute Gasteiger partial charge is 0.496 e. The number of rotatable bonds is 4. The van der Waals surface area contributed by atoms with Gasteiger partial charge in [-0.1, -0.05) is 0 Å². The van der Waals surface area contributed by atoms with Crippen LogP contribution in [0.2, 0.25) is 0 Å². The van der Waals surface area contributed by atoms with E-state index in [4.69, 9.17) is 10.00 Å². The van der Waals surface area contributed by atoms with Gasteiger partial charge in [-0.05, 0) is 31.2 Å². The summed E-state index contributed by atoms with van der Waals surface area (Å²) >= 11 is 0. The third-order valence-electron chi connectivity index (χ3n) is 2.21. The van der Waals surface area contributed by atoms with Gasteiger partial charge in [0.15, 0.2) is 12.1 Å². The van der Waals surface area contributed by atoms with Crippen LogP contribution in [-0.4, -0.2) is 19.2 Å². The number of hydrogen-bond donors (Lipinski definition) is 0. The van der Waals surface area contributed by atoms with Gasteiger partial charge < -0.3 is 4.74 Å². The summed E-state index contributed by atoms with van der Waals surface area (Å²) in [7, 11) is 1.46. The highest BCUT2D eigenvalue weighted by molar-refractivity contribution is 6.14. The van der Waals surface area contributed by atoms with Gasteiger partial charge in [0.1, 0.15) is 5.75 Å². The summed E-state index contributed by atoms with van der Waals surface area (Å²) in [4.78, 5) is 21.8. The Morgan fingerprint density at radius 1 is 1.47 bits per heavy atom. The summed E-state index contributed by atoms with van der Waals surface area (Å²) in [5.74, 6) is 0.135. The first-order valence-corrected chi connectivity index (χ1v) is 4.88. The van der Waals surface area contributed by atoms with Crippen molar-refractivity contribution in [2.45, 2.75) is 6.92 Å². The van der Waals surface area contributed by atoms with E-state index in [0.717, 1.165) is 0 Å². The Hall–Kier alpha value is -2.41. The predicted molar refractivity (Wildman–Crippen MR) is 62.4 cm³/mol. The highest BCUT2D eigenvalue weighted by Crippen LogP contribution is 2.22. The van der Waals surface area contributed by atoms with Gasteiger partial charge >= 0.3 is 0 Å². The van der Waals surface area contributed by atoms with Crippen molar-refractivity contribution in [2.24, 2.45) is 0 Å². The second kappa shape index (κ2) is 5.61. The van der Waals surface area contributed by atoms with Crippen molar-refractivity contribution in [3.05, 3.63) is 34.9 Å². The Labute approximate surface area is 99.1 Å². The zero-order valence-electron chi connectivity index (χ0n) is 9.56. The minimum Gasteiger partial charge on any atom is -0.496 e. The standard InChI is InChI=1S/C13H11NO3/c1-9(16)12(8-15)6-11-4-3-10(7-14)5-13(11)17-2/h3-6,8H,1-2H3/b12-6+. The molecule has 0 atom stereocenters. The molecule has 0 spiro atoms. The molecule has 1 aromatic rings. The molecule has 0 aromatic heterocycles. The molecule has 0 radical (unpaired) electrons. The maximum Gasteiger partial charge on any atom is 0.163 e. The minimum atomic E-state index is -0.314. The number of Topliss-reactive ketones (excluding diaryl/α,β-unsaturated/α-hetero) is 1. The lowest BCUT2D eigenvalue weighted by atomic mass is 10.1. The van der Waals surface area contributed by atoms with E-state index >= 15 is 0 Å². The van der Waals surface area contributed by atoms with Crippen LogP contribution in [-0.2, 0) is 9.59 Å². The molecule has 0 heterocycles. The number of nitriles is 1. The van der Waals surface area contributed by atoms with E-state index in [1.807, 2.05) is 6.07 Å². The molecule has 0 saturated carbocycles. The van der Waals surface area contributed by atoms with Gasteiger partial charge in [0, 0.05) is 5.56 Å². The van der Waals surface area contributed by atoms with Gasteiger partial charge in [0.25, 0.3) is 0 Å². The molecule has 86 valence electrons. The average molecular weight is 229 g/mol. The van der Waals surface area contributed by atoms with Gasteiger partial charge in [-0.2, -0.15) is 5.26 Å². The van der Waals surface area contributed by atoms with Crippen LogP contribution in [0.4, 0.5) is 0 Å². The molecule has 0 N–H and O–H groups in total. The van der Waals surface area contributed by atoms with E-state index in [9.17, 15) is 9.59 Å². The summed E-state index contributed by atoms with van der Waals surface area (Å²) < 4.78 is 5.09. The van der Waals surface area contributed by atoms with Gasteiger partial charge in [-0.3, -0.25) is 9.59 Å². The van der Waals surface area contributed by atoms with E-state index < -0.39 is 0 Å². The van der Waals surface area contributed by atoms with Gasteiger partial charge in [0.2, 0.25) is 0 Å². The van der Waals surface area contributed by atoms with Crippen molar-refractivity contribution in [3.63, 3.8) is 0 Å². The summed E-state index contributed by atoms with van der Waals surface area (Å²) in [6.45, 7) is 1.32. The molecule has 0 fully saturated rings. The molecule has 1 rings (SSSR count). The van der Waals surface area contributed by atoms with Crippen LogP contribution in [0.5, 0.6) is 5.75 Å². The van der Waals surface area contributed by atoms with Crippen LogP contribution in [0.15, 0.2) is 23.8 Å².